The van der Waals surface area contributed by atoms with E-state index in [1.54, 1.807) is 0 Å². The van der Waals surface area contributed by atoms with E-state index in [9.17, 15) is 4.79 Å². The van der Waals surface area contributed by atoms with Crippen molar-refractivity contribution in [3.63, 3.8) is 0 Å². The number of hydrogen-bond acceptors (Lipinski definition) is 4. The van der Waals surface area contributed by atoms with Crippen LogP contribution in [0.4, 0.5) is 0 Å². The molecule has 98 valence electrons. The molecule has 18 heavy (non-hydrogen) atoms. The molecule has 1 atom stereocenters. The molecule has 1 unspecified atom stereocenters. The summed E-state index contributed by atoms with van der Waals surface area (Å²) in [6.45, 7) is 1.11. The minimum atomic E-state index is -0.788. The zero-order chi connectivity index (χ0) is 13.0. The van der Waals surface area contributed by atoms with Gasteiger partial charge in [-0.3, -0.25) is 4.79 Å². The Morgan fingerprint density at radius 1 is 1.33 bits per heavy atom. The summed E-state index contributed by atoms with van der Waals surface area (Å²) in [5.41, 5.74) is 6.97. The van der Waals surface area contributed by atoms with Crippen LogP contribution in [0.2, 0.25) is 0 Å². The van der Waals surface area contributed by atoms with E-state index in [0.29, 0.717) is 31.8 Å². The van der Waals surface area contributed by atoms with Crippen molar-refractivity contribution in [2.45, 2.75) is 25.3 Å². The number of nitrogens with two attached hydrogens (primary N) is 1. The summed E-state index contributed by atoms with van der Waals surface area (Å²) in [6, 6.07) is 5.46. The summed E-state index contributed by atoms with van der Waals surface area (Å²) in [5, 5.41) is 8.58. The van der Waals surface area contributed by atoms with Crippen molar-refractivity contribution in [3.05, 3.63) is 23.8 Å². The Kier molecular flexibility index (Phi) is 4.04. The van der Waals surface area contributed by atoms with Gasteiger partial charge in [0.25, 0.3) is 0 Å². The fourth-order valence-electron chi connectivity index (χ4n) is 1.93. The third kappa shape index (κ3) is 3.13. The summed E-state index contributed by atoms with van der Waals surface area (Å²) in [4.78, 5) is 10.4. The maximum absolute atomic E-state index is 10.4. The van der Waals surface area contributed by atoms with Crippen molar-refractivity contribution in [2.75, 3.05) is 13.2 Å². The van der Waals surface area contributed by atoms with E-state index in [1.807, 2.05) is 18.2 Å². The molecule has 0 spiro atoms. The average Bonchev–Trinajstić information content (AvgIpc) is 2.37. The summed E-state index contributed by atoms with van der Waals surface area (Å²) in [7, 11) is 0. The minimum Gasteiger partial charge on any atom is -0.486 e. The molecule has 1 heterocycles. The predicted octanol–water partition coefficient (Wildman–Crippen LogP) is 1.71. The molecule has 5 heteroatoms. The maximum atomic E-state index is 10.4. The molecular weight excluding hydrogens is 234 g/mol. The quantitative estimate of drug-likeness (QED) is 0.832. The molecular formula is C13H17NO4. The Morgan fingerprint density at radius 3 is 2.78 bits per heavy atom. The van der Waals surface area contributed by atoms with Gasteiger partial charge in [0.2, 0.25) is 0 Å². The van der Waals surface area contributed by atoms with Crippen molar-refractivity contribution in [3.8, 4) is 11.5 Å². The second-order valence-electron chi connectivity index (χ2n) is 4.30. The van der Waals surface area contributed by atoms with Crippen molar-refractivity contribution in [1.29, 1.82) is 0 Å². The van der Waals surface area contributed by atoms with Crippen LogP contribution in [0.1, 0.15) is 30.9 Å². The zero-order valence-corrected chi connectivity index (χ0v) is 10.1. The molecule has 1 aromatic carbocycles. The van der Waals surface area contributed by atoms with E-state index in [2.05, 4.69) is 0 Å². The van der Waals surface area contributed by atoms with Crippen molar-refractivity contribution in [2.24, 2.45) is 5.73 Å². The lowest BCUT2D eigenvalue weighted by atomic mass is 10.0. The lowest BCUT2D eigenvalue weighted by molar-refractivity contribution is -0.137. The van der Waals surface area contributed by atoms with E-state index in [0.717, 1.165) is 11.3 Å². The molecule has 5 nitrogen and oxygen atoms in total. The van der Waals surface area contributed by atoms with Crippen LogP contribution in [-0.4, -0.2) is 24.3 Å². The monoisotopic (exact) mass is 251 g/mol. The molecule has 0 saturated carbocycles. The summed E-state index contributed by atoms with van der Waals surface area (Å²) < 4.78 is 10.9. The second-order valence-corrected chi connectivity index (χ2v) is 4.30. The molecule has 3 N–H and O–H groups in total. The van der Waals surface area contributed by atoms with Crippen LogP contribution >= 0.6 is 0 Å². The summed E-state index contributed by atoms with van der Waals surface area (Å²) in [6.07, 6.45) is 1.37. The first-order valence-corrected chi connectivity index (χ1v) is 6.04. The fourth-order valence-corrected chi connectivity index (χ4v) is 1.93. The molecule has 0 fully saturated rings. The van der Waals surface area contributed by atoms with Gasteiger partial charge in [0, 0.05) is 12.5 Å². The van der Waals surface area contributed by atoms with Crippen molar-refractivity contribution >= 4 is 5.97 Å². The van der Waals surface area contributed by atoms with Crippen molar-refractivity contribution in [1.82, 2.24) is 0 Å². The van der Waals surface area contributed by atoms with Gasteiger partial charge in [-0.2, -0.15) is 0 Å². The van der Waals surface area contributed by atoms with Crippen LogP contribution in [0, 0.1) is 0 Å². The molecule has 0 saturated heterocycles. The van der Waals surface area contributed by atoms with Crippen LogP contribution in [0.5, 0.6) is 11.5 Å². The predicted molar refractivity (Wildman–Crippen MR) is 65.8 cm³/mol. The van der Waals surface area contributed by atoms with E-state index in [1.165, 1.54) is 0 Å². The first-order valence-electron chi connectivity index (χ1n) is 6.04. The number of carboxylic acid groups (broad SMARTS) is 1. The number of benzene rings is 1. The Hall–Kier alpha value is -1.75. The molecule has 1 aliphatic heterocycles. The Bertz CT molecular complexity index is 433. The van der Waals surface area contributed by atoms with Gasteiger partial charge in [0.15, 0.2) is 11.5 Å². The fraction of sp³-hybridized carbons (Fsp3) is 0.462. The van der Waals surface area contributed by atoms with Crippen molar-refractivity contribution < 1.29 is 19.4 Å². The molecule has 0 aromatic heterocycles. The van der Waals surface area contributed by atoms with Crippen LogP contribution < -0.4 is 15.2 Å². The van der Waals surface area contributed by atoms with Gasteiger partial charge in [-0.25, -0.2) is 0 Å². The van der Waals surface area contributed by atoms with E-state index < -0.39 is 5.97 Å². The zero-order valence-electron chi connectivity index (χ0n) is 10.1. The smallest absolute Gasteiger partial charge is 0.303 e. The molecule has 0 aliphatic carbocycles. The number of rotatable bonds is 5. The van der Waals surface area contributed by atoms with Gasteiger partial charge >= 0.3 is 5.97 Å². The van der Waals surface area contributed by atoms with Gasteiger partial charge < -0.3 is 20.3 Å². The number of carboxylic acids is 1. The lowest BCUT2D eigenvalue weighted by Crippen LogP contribution is -2.16. The Balaban J connectivity index is 1.97. The third-order valence-corrected chi connectivity index (χ3v) is 2.90. The highest BCUT2D eigenvalue weighted by Crippen LogP contribution is 2.33. The molecule has 1 aliphatic rings. The highest BCUT2D eigenvalue weighted by Gasteiger charge is 2.14. The van der Waals surface area contributed by atoms with Crippen LogP contribution in [0.25, 0.3) is 0 Å². The average molecular weight is 251 g/mol. The normalized spacial score (nSPS) is 15.2. The van der Waals surface area contributed by atoms with Gasteiger partial charge in [-0.05, 0) is 30.5 Å². The largest absolute Gasteiger partial charge is 0.486 e. The number of ether oxygens (including phenoxy) is 2. The maximum Gasteiger partial charge on any atom is 0.303 e. The Morgan fingerprint density at radius 2 is 2.06 bits per heavy atom. The first kappa shape index (κ1) is 12.7. The van der Waals surface area contributed by atoms with Gasteiger partial charge in [-0.1, -0.05) is 6.07 Å². The van der Waals surface area contributed by atoms with E-state index in [4.69, 9.17) is 20.3 Å². The summed E-state index contributed by atoms with van der Waals surface area (Å²) in [5.74, 6) is 0.666. The van der Waals surface area contributed by atoms with Crippen LogP contribution in [0.15, 0.2) is 18.2 Å². The Labute approximate surface area is 106 Å². The van der Waals surface area contributed by atoms with E-state index in [-0.39, 0.29) is 12.5 Å². The molecule has 0 amide bonds. The topological polar surface area (TPSA) is 81.8 Å². The number of hydrogen-bond donors (Lipinski definition) is 2. The molecule has 2 rings (SSSR count). The molecule has 1 aromatic rings. The third-order valence-electron chi connectivity index (χ3n) is 2.90. The number of aliphatic carboxylic acids is 1. The van der Waals surface area contributed by atoms with Gasteiger partial charge in [-0.15, -0.1) is 0 Å². The number of carbonyl (C=O) groups is 1. The highest BCUT2D eigenvalue weighted by molar-refractivity contribution is 5.66. The molecule has 0 radical (unpaired) electrons. The standard InChI is InChI=1S/C13H17NO4/c14-10(2-1-3-13(15)16)9-4-5-11-12(8-9)18-7-6-17-11/h4-5,8,10H,1-3,6-7,14H2,(H,15,16). The van der Waals surface area contributed by atoms with Crippen LogP contribution in [0.3, 0.4) is 0 Å². The first-order chi connectivity index (χ1) is 8.66. The van der Waals surface area contributed by atoms with Gasteiger partial charge in [0.1, 0.15) is 13.2 Å². The van der Waals surface area contributed by atoms with Crippen LogP contribution in [-0.2, 0) is 4.79 Å². The second kappa shape index (κ2) is 5.73. The minimum absolute atomic E-state index is 0.151. The number of fused-ring (bicyclic) bond motifs is 1. The SMILES string of the molecule is NC(CCCC(=O)O)c1ccc2c(c1)OCCO2. The molecule has 0 bridgehead atoms. The van der Waals surface area contributed by atoms with Gasteiger partial charge in [0.05, 0.1) is 0 Å². The lowest BCUT2D eigenvalue weighted by Gasteiger charge is -2.20. The van der Waals surface area contributed by atoms with E-state index >= 15 is 0 Å². The highest BCUT2D eigenvalue weighted by atomic mass is 16.6. The summed E-state index contributed by atoms with van der Waals surface area (Å²) >= 11 is 0.